The number of nitrogens with one attached hydrogen (secondary N) is 1. The van der Waals surface area contributed by atoms with Crippen LogP contribution in [0.15, 0.2) is 72.9 Å². The highest BCUT2D eigenvalue weighted by atomic mass is 19.1. The zero-order valence-corrected chi connectivity index (χ0v) is 16.1. The first-order chi connectivity index (χ1) is 15.1. The van der Waals surface area contributed by atoms with E-state index < -0.39 is 5.82 Å². The summed E-state index contributed by atoms with van der Waals surface area (Å²) in [7, 11) is 0. The summed E-state index contributed by atoms with van der Waals surface area (Å²) in [6.07, 6.45) is 3.48. The fourth-order valence-corrected chi connectivity index (χ4v) is 3.50. The lowest BCUT2D eigenvalue weighted by Gasteiger charge is -2.02. The van der Waals surface area contributed by atoms with E-state index in [1.54, 1.807) is 41.2 Å². The monoisotopic (exact) mass is 407 g/mol. The Bertz CT molecular complexity index is 1400. The molecule has 0 unspecified atom stereocenters. The fraction of sp³-hybridized carbons (Fsp3) is 0. The molecule has 31 heavy (non-hydrogen) atoms. The number of hydrogen-bond donors (Lipinski definition) is 1. The van der Waals surface area contributed by atoms with Gasteiger partial charge in [-0.3, -0.25) is 4.79 Å². The molecule has 0 bridgehead atoms. The summed E-state index contributed by atoms with van der Waals surface area (Å²) in [6, 6.07) is 21.0. The zero-order valence-electron chi connectivity index (χ0n) is 16.1. The van der Waals surface area contributed by atoms with Crippen LogP contribution in [0.1, 0.15) is 16.7 Å². The normalized spacial score (nSPS) is 13.7. The van der Waals surface area contributed by atoms with Crippen LogP contribution in [0.4, 0.5) is 10.1 Å². The SMILES string of the molecule is N#Cc1ccccc1-n1cc(-c2ccc(C=C3C(=O)Nc4ccc(F)cc43)cc2)nn1. The maximum Gasteiger partial charge on any atom is 0.256 e. The van der Waals surface area contributed by atoms with E-state index in [0.717, 1.165) is 11.1 Å². The number of benzene rings is 3. The van der Waals surface area contributed by atoms with Gasteiger partial charge in [-0.15, -0.1) is 5.10 Å². The highest BCUT2D eigenvalue weighted by molar-refractivity contribution is 6.34. The lowest BCUT2D eigenvalue weighted by molar-refractivity contribution is -0.110. The minimum absolute atomic E-state index is 0.260. The van der Waals surface area contributed by atoms with Gasteiger partial charge in [0.2, 0.25) is 0 Å². The van der Waals surface area contributed by atoms with Crippen molar-refractivity contribution in [3.63, 3.8) is 0 Å². The number of carbonyl (C=O) groups is 1. The molecule has 1 N–H and O–H groups in total. The predicted octanol–water partition coefficient (Wildman–Crippen LogP) is 4.44. The Morgan fingerprint density at radius 3 is 2.68 bits per heavy atom. The van der Waals surface area contributed by atoms with Gasteiger partial charge < -0.3 is 5.32 Å². The summed E-state index contributed by atoms with van der Waals surface area (Å²) in [5.74, 6) is -0.652. The minimum Gasteiger partial charge on any atom is -0.321 e. The van der Waals surface area contributed by atoms with Crippen molar-refractivity contribution in [3.05, 3.63) is 95.4 Å². The number of nitriles is 1. The molecule has 0 aliphatic carbocycles. The van der Waals surface area contributed by atoms with Crippen molar-refractivity contribution in [2.75, 3.05) is 5.32 Å². The van der Waals surface area contributed by atoms with Crippen molar-refractivity contribution in [1.29, 1.82) is 5.26 Å². The Labute approximate surface area is 176 Å². The van der Waals surface area contributed by atoms with Crippen LogP contribution in [-0.4, -0.2) is 20.9 Å². The number of fused-ring (bicyclic) bond motifs is 1. The molecule has 4 aromatic rings. The smallest absolute Gasteiger partial charge is 0.256 e. The summed E-state index contributed by atoms with van der Waals surface area (Å²) in [5.41, 5.74) is 5.02. The third-order valence-electron chi connectivity index (χ3n) is 5.05. The molecule has 148 valence electrons. The third kappa shape index (κ3) is 3.36. The average Bonchev–Trinajstić information content (AvgIpc) is 3.40. The summed E-state index contributed by atoms with van der Waals surface area (Å²) in [4.78, 5) is 12.3. The zero-order chi connectivity index (χ0) is 21.4. The van der Waals surface area contributed by atoms with E-state index in [4.69, 9.17) is 0 Å². The lowest BCUT2D eigenvalue weighted by Crippen LogP contribution is -2.03. The molecule has 1 aliphatic heterocycles. The van der Waals surface area contributed by atoms with Crippen LogP contribution in [0.2, 0.25) is 0 Å². The summed E-state index contributed by atoms with van der Waals surface area (Å²) in [5, 5.41) is 20.4. The molecule has 0 saturated carbocycles. The van der Waals surface area contributed by atoms with Gasteiger partial charge in [0.1, 0.15) is 17.6 Å². The third-order valence-corrected chi connectivity index (χ3v) is 5.05. The van der Waals surface area contributed by atoms with Gasteiger partial charge >= 0.3 is 0 Å². The van der Waals surface area contributed by atoms with Gasteiger partial charge in [-0.25, -0.2) is 9.07 Å². The lowest BCUT2D eigenvalue weighted by atomic mass is 10.0. The van der Waals surface area contributed by atoms with Crippen molar-refractivity contribution in [2.45, 2.75) is 0 Å². The van der Waals surface area contributed by atoms with E-state index >= 15 is 0 Å². The largest absolute Gasteiger partial charge is 0.321 e. The van der Waals surface area contributed by atoms with E-state index in [1.807, 2.05) is 30.3 Å². The van der Waals surface area contributed by atoms with Gasteiger partial charge in [0.25, 0.3) is 5.91 Å². The van der Waals surface area contributed by atoms with Crippen LogP contribution in [0.3, 0.4) is 0 Å². The Balaban J connectivity index is 1.44. The van der Waals surface area contributed by atoms with E-state index in [2.05, 4.69) is 21.7 Å². The Kier molecular flexibility index (Phi) is 4.38. The Morgan fingerprint density at radius 2 is 1.87 bits per heavy atom. The van der Waals surface area contributed by atoms with E-state index in [9.17, 15) is 14.4 Å². The molecular formula is C24H14FN5O. The second-order valence-corrected chi connectivity index (χ2v) is 7.00. The highest BCUT2D eigenvalue weighted by Gasteiger charge is 2.24. The number of para-hydroxylation sites is 1. The van der Waals surface area contributed by atoms with Crippen molar-refractivity contribution in [3.8, 4) is 23.0 Å². The van der Waals surface area contributed by atoms with Crippen LogP contribution in [0.5, 0.6) is 0 Å². The second-order valence-electron chi connectivity index (χ2n) is 7.00. The Hall–Kier alpha value is -4.57. The van der Waals surface area contributed by atoms with E-state index in [0.29, 0.717) is 33.8 Å². The molecule has 1 aromatic heterocycles. The van der Waals surface area contributed by atoms with Crippen molar-refractivity contribution < 1.29 is 9.18 Å². The molecule has 1 aliphatic rings. The van der Waals surface area contributed by atoms with Crippen LogP contribution >= 0.6 is 0 Å². The number of amides is 1. The molecule has 0 spiro atoms. The molecule has 7 heteroatoms. The topological polar surface area (TPSA) is 83.6 Å². The predicted molar refractivity (Wildman–Crippen MR) is 114 cm³/mol. The molecule has 0 radical (unpaired) electrons. The van der Waals surface area contributed by atoms with Gasteiger partial charge in [-0.05, 0) is 42.0 Å². The van der Waals surface area contributed by atoms with Gasteiger partial charge in [0, 0.05) is 22.4 Å². The van der Waals surface area contributed by atoms with E-state index in [-0.39, 0.29) is 5.91 Å². The Morgan fingerprint density at radius 1 is 1.06 bits per heavy atom. The fourth-order valence-electron chi connectivity index (χ4n) is 3.50. The summed E-state index contributed by atoms with van der Waals surface area (Å²) in [6.45, 7) is 0. The number of halogens is 1. The first-order valence-corrected chi connectivity index (χ1v) is 9.47. The molecular weight excluding hydrogens is 393 g/mol. The molecule has 0 fully saturated rings. The van der Waals surface area contributed by atoms with Crippen molar-refractivity contribution in [2.24, 2.45) is 0 Å². The molecule has 0 saturated heterocycles. The van der Waals surface area contributed by atoms with Crippen molar-refractivity contribution >= 4 is 23.2 Å². The average molecular weight is 407 g/mol. The van der Waals surface area contributed by atoms with Crippen LogP contribution < -0.4 is 5.32 Å². The van der Waals surface area contributed by atoms with Crippen LogP contribution in [-0.2, 0) is 4.79 Å². The number of nitrogens with zero attached hydrogens (tertiary/aromatic N) is 4. The maximum absolute atomic E-state index is 13.6. The molecule has 5 rings (SSSR count). The standard InChI is InChI=1S/C24H14FN5O/c25-18-9-10-21-19(12-18)20(24(31)27-21)11-15-5-7-16(8-6-15)22-14-30(29-28-22)23-4-2-1-3-17(23)13-26/h1-12,14H,(H,27,31). The maximum atomic E-state index is 13.6. The number of carbonyl (C=O) groups excluding carboxylic acids is 1. The molecule has 3 aromatic carbocycles. The van der Waals surface area contributed by atoms with Crippen molar-refractivity contribution in [1.82, 2.24) is 15.0 Å². The molecule has 0 atom stereocenters. The van der Waals surface area contributed by atoms with E-state index in [1.165, 1.54) is 12.1 Å². The molecule has 1 amide bonds. The summed E-state index contributed by atoms with van der Waals surface area (Å²) < 4.78 is 15.2. The number of anilines is 1. The summed E-state index contributed by atoms with van der Waals surface area (Å²) >= 11 is 0. The van der Waals surface area contributed by atoms with Gasteiger partial charge in [-0.2, -0.15) is 5.26 Å². The van der Waals surface area contributed by atoms with Crippen LogP contribution in [0.25, 0.3) is 28.6 Å². The minimum atomic E-state index is -0.391. The highest BCUT2D eigenvalue weighted by Crippen LogP contribution is 2.33. The molecule has 2 heterocycles. The van der Waals surface area contributed by atoms with Crippen LogP contribution in [0, 0.1) is 17.1 Å². The van der Waals surface area contributed by atoms with Gasteiger partial charge in [0.05, 0.1) is 17.4 Å². The number of hydrogen-bond acceptors (Lipinski definition) is 4. The quantitative estimate of drug-likeness (QED) is 0.509. The molecule has 6 nitrogen and oxygen atoms in total. The van der Waals surface area contributed by atoms with Gasteiger partial charge in [-0.1, -0.05) is 41.6 Å². The number of aromatic nitrogens is 3. The first kappa shape index (κ1) is 18.5. The second kappa shape index (κ2) is 7.35. The number of rotatable bonds is 3. The van der Waals surface area contributed by atoms with Gasteiger partial charge in [0.15, 0.2) is 0 Å². The first-order valence-electron chi connectivity index (χ1n) is 9.47.